The molecule has 0 nitrogen and oxygen atoms in total. The zero-order chi connectivity index (χ0) is 12.5. The van der Waals surface area contributed by atoms with Crippen LogP contribution in [0.5, 0.6) is 0 Å². The van der Waals surface area contributed by atoms with Gasteiger partial charge >= 0.3 is 0 Å². The maximum absolute atomic E-state index is 2.28. The Hall–Kier alpha value is -1.82. The van der Waals surface area contributed by atoms with Crippen LogP contribution in [0.3, 0.4) is 0 Å². The quantitative estimate of drug-likeness (QED) is 0.474. The predicted octanol–water partition coefficient (Wildman–Crippen LogP) is 5.12. The summed E-state index contributed by atoms with van der Waals surface area (Å²) < 4.78 is 0. The Morgan fingerprint density at radius 3 is 1.50 bits per heavy atom. The molecule has 3 aromatic rings. The molecule has 0 N–H and O–H groups in total. The largest absolute Gasteiger partial charge is 0.0683 e. The fourth-order valence-electron chi connectivity index (χ4n) is 2.99. The van der Waals surface area contributed by atoms with Crippen molar-refractivity contribution in [2.45, 2.75) is 26.7 Å². The van der Waals surface area contributed by atoms with Crippen LogP contribution in [0, 0.1) is 0 Å². The van der Waals surface area contributed by atoms with Crippen LogP contribution in [-0.4, -0.2) is 0 Å². The van der Waals surface area contributed by atoms with E-state index in [1.807, 2.05) is 13.8 Å². The van der Waals surface area contributed by atoms with Gasteiger partial charge in [0.15, 0.2) is 0 Å². The molecule has 1 aliphatic rings. The minimum Gasteiger partial charge on any atom is -0.0683 e. The second-order valence-corrected chi connectivity index (χ2v) is 4.60. The number of hydrogen-bond acceptors (Lipinski definition) is 0. The number of rotatable bonds is 0. The van der Waals surface area contributed by atoms with Crippen molar-refractivity contribution in [3.05, 3.63) is 59.7 Å². The van der Waals surface area contributed by atoms with Crippen molar-refractivity contribution in [1.82, 2.24) is 0 Å². The maximum Gasteiger partial charge on any atom is -0.00704 e. The minimum absolute atomic E-state index is 1.19. The molecular formula is C18H18. The Morgan fingerprint density at radius 1 is 0.611 bits per heavy atom. The molecule has 0 saturated carbocycles. The lowest BCUT2D eigenvalue weighted by atomic mass is 9.86. The highest BCUT2D eigenvalue weighted by Crippen LogP contribution is 2.35. The maximum atomic E-state index is 2.28. The van der Waals surface area contributed by atoms with Gasteiger partial charge < -0.3 is 0 Å². The summed E-state index contributed by atoms with van der Waals surface area (Å²) in [7, 11) is 0. The highest BCUT2D eigenvalue weighted by atomic mass is 14.2. The van der Waals surface area contributed by atoms with Crippen molar-refractivity contribution in [3.8, 4) is 0 Å². The molecule has 0 radical (unpaired) electrons. The van der Waals surface area contributed by atoms with E-state index in [1.165, 1.54) is 45.5 Å². The molecule has 0 amide bonds. The van der Waals surface area contributed by atoms with Crippen LogP contribution in [0.15, 0.2) is 48.5 Å². The van der Waals surface area contributed by atoms with E-state index >= 15 is 0 Å². The lowest BCUT2D eigenvalue weighted by Crippen LogP contribution is -2.00. The fraction of sp³-hybridized carbons (Fsp3) is 0.222. The van der Waals surface area contributed by atoms with E-state index in [4.69, 9.17) is 0 Å². The average Bonchev–Trinajstić information content (AvgIpc) is 2.47. The molecule has 0 spiro atoms. The molecule has 18 heavy (non-hydrogen) atoms. The van der Waals surface area contributed by atoms with Crippen LogP contribution >= 0.6 is 0 Å². The van der Waals surface area contributed by atoms with E-state index in [0.717, 1.165) is 0 Å². The number of hydrogen-bond donors (Lipinski definition) is 0. The second kappa shape index (κ2) is 4.45. The highest BCUT2D eigenvalue weighted by Gasteiger charge is 2.13. The molecule has 0 bridgehead atoms. The van der Waals surface area contributed by atoms with Crippen molar-refractivity contribution in [2.24, 2.45) is 0 Å². The predicted molar refractivity (Wildman–Crippen MR) is 80.2 cm³/mol. The van der Waals surface area contributed by atoms with E-state index in [9.17, 15) is 0 Å². The number of benzene rings is 3. The van der Waals surface area contributed by atoms with Gasteiger partial charge in [-0.1, -0.05) is 62.4 Å². The van der Waals surface area contributed by atoms with Crippen LogP contribution in [-0.2, 0) is 12.8 Å². The molecule has 3 aromatic carbocycles. The Kier molecular flexibility index (Phi) is 2.79. The summed E-state index contributed by atoms with van der Waals surface area (Å²) in [6.45, 7) is 4.00. The summed E-state index contributed by atoms with van der Waals surface area (Å²) >= 11 is 0. The minimum atomic E-state index is 1.19. The molecule has 1 aliphatic carbocycles. The monoisotopic (exact) mass is 234 g/mol. The molecule has 90 valence electrons. The zero-order valence-corrected chi connectivity index (χ0v) is 11.0. The first kappa shape index (κ1) is 11.3. The molecule has 0 atom stereocenters. The van der Waals surface area contributed by atoms with Crippen LogP contribution in [0.2, 0.25) is 0 Å². The molecular weight excluding hydrogens is 216 g/mol. The van der Waals surface area contributed by atoms with E-state index < -0.39 is 0 Å². The molecule has 0 heterocycles. The second-order valence-electron chi connectivity index (χ2n) is 4.60. The van der Waals surface area contributed by atoms with Crippen molar-refractivity contribution >= 4 is 21.5 Å². The summed E-state index contributed by atoms with van der Waals surface area (Å²) in [6.07, 6.45) is 2.38. The van der Waals surface area contributed by atoms with Gasteiger partial charge in [0.1, 0.15) is 0 Å². The van der Waals surface area contributed by atoms with Gasteiger partial charge in [0.2, 0.25) is 0 Å². The topological polar surface area (TPSA) is 0 Å². The van der Waals surface area contributed by atoms with Crippen LogP contribution in [0.1, 0.15) is 25.0 Å². The molecule has 0 aromatic heterocycles. The lowest BCUT2D eigenvalue weighted by Gasteiger charge is -2.18. The Balaban J connectivity index is 0.000000478. The van der Waals surface area contributed by atoms with Gasteiger partial charge in [-0.3, -0.25) is 0 Å². The van der Waals surface area contributed by atoms with Gasteiger partial charge in [-0.2, -0.15) is 0 Å². The van der Waals surface area contributed by atoms with Crippen LogP contribution in [0.25, 0.3) is 21.5 Å². The third-order valence-corrected chi connectivity index (χ3v) is 3.72. The van der Waals surface area contributed by atoms with E-state index in [2.05, 4.69) is 48.5 Å². The van der Waals surface area contributed by atoms with Gasteiger partial charge in [-0.25, -0.2) is 0 Å². The van der Waals surface area contributed by atoms with Crippen molar-refractivity contribution in [3.63, 3.8) is 0 Å². The van der Waals surface area contributed by atoms with E-state index in [1.54, 1.807) is 0 Å². The Morgan fingerprint density at radius 2 is 1.06 bits per heavy atom. The van der Waals surface area contributed by atoms with E-state index in [-0.39, 0.29) is 0 Å². The zero-order valence-electron chi connectivity index (χ0n) is 11.0. The molecule has 4 rings (SSSR count). The van der Waals surface area contributed by atoms with Gasteiger partial charge in [0, 0.05) is 0 Å². The van der Waals surface area contributed by atoms with Crippen molar-refractivity contribution < 1.29 is 0 Å². The molecule has 0 unspecified atom stereocenters. The van der Waals surface area contributed by atoms with Gasteiger partial charge in [0.05, 0.1) is 0 Å². The lowest BCUT2D eigenvalue weighted by molar-refractivity contribution is 0.968. The average molecular weight is 234 g/mol. The SMILES string of the molecule is CC.c1cc2c3c(c1)ccc1cccc(c13)CC2. The Bertz CT molecular complexity index is 645. The molecule has 0 saturated heterocycles. The van der Waals surface area contributed by atoms with Gasteiger partial charge in [-0.05, 0) is 45.5 Å². The molecule has 0 heteroatoms. The first-order valence-corrected chi connectivity index (χ1v) is 6.86. The first-order valence-electron chi connectivity index (χ1n) is 6.86. The summed E-state index contributed by atoms with van der Waals surface area (Å²) in [6, 6.07) is 17.8. The van der Waals surface area contributed by atoms with Crippen LogP contribution in [0.4, 0.5) is 0 Å². The summed E-state index contributed by atoms with van der Waals surface area (Å²) in [5, 5.41) is 5.75. The summed E-state index contributed by atoms with van der Waals surface area (Å²) in [5.74, 6) is 0. The highest BCUT2D eigenvalue weighted by molar-refractivity contribution is 6.11. The third kappa shape index (κ3) is 1.53. The summed E-state index contributed by atoms with van der Waals surface area (Å²) in [5.41, 5.74) is 3.03. The van der Waals surface area contributed by atoms with Crippen molar-refractivity contribution in [1.29, 1.82) is 0 Å². The standard InChI is InChI=1S/C16H12.C2H6/c1-3-11-7-9-13-5-2-6-14-10-8-12(4-1)15(11)16(13)14;1-2/h1-7,9H,8,10H2;1-2H3. The molecule has 0 fully saturated rings. The fourth-order valence-corrected chi connectivity index (χ4v) is 2.99. The smallest absolute Gasteiger partial charge is 0.00704 e. The van der Waals surface area contributed by atoms with Crippen LogP contribution < -0.4 is 0 Å². The Labute approximate surface area is 108 Å². The molecule has 0 aliphatic heterocycles. The summed E-state index contributed by atoms with van der Waals surface area (Å²) in [4.78, 5) is 0. The normalized spacial score (nSPS) is 12.6. The van der Waals surface area contributed by atoms with E-state index in [0.29, 0.717) is 0 Å². The first-order chi connectivity index (χ1) is 8.93. The third-order valence-electron chi connectivity index (χ3n) is 3.72. The number of aryl methyl sites for hydroxylation is 2. The van der Waals surface area contributed by atoms with Crippen molar-refractivity contribution in [2.75, 3.05) is 0 Å². The van der Waals surface area contributed by atoms with Gasteiger partial charge in [-0.15, -0.1) is 0 Å². The van der Waals surface area contributed by atoms with Gasteiger partial charge in [0.25, 0.3) is 0 Å².